The van der Waals surface area contributed by atoms with Gasteiger partial charge in [0.2, 0.25) is 0 Å². The van der Waals surface area contributed by atoms with Crippen LogP contribution in [0.2, 0.25) is 0 Å². The number of imidazole rings is 2. The number of hydrogen-bond donors (Lipinski definition) is 6. The zero-order chi connectivity index (χ0) is 30.8. The van der Waals surface area contributed by atoms with Crippen LogP contribution in [0.3, 0.4) is 0 Å². The molecule has 0 aliphatic rings. The number of benzene rings is 4. The number of nitrogens with two attached hydrogens (primary N) is 2. The summed E-state index contributed by atoms with van der Waals surface area (Å²) in [5.74, 6) is 0.732. The number of fused-ring (bicyclic) bond motifs is 3. The number of aliphatic hydroxyl groups is 2. The first-order chi connectivity index (χ1) is 21.3. The van der Waals surface area contributed by atoms with E-state index in [0.717, 1.165) is 11.0 Å². The number of guanidine groups is 1. The van der Waals surface area contributed by atoms with Gasteiger partial charge in [-0.2, -0.15) is 0 Å². The van der Waals surface area contributed by atoms with E-state index >= 15 is 0 Å². The van der Waals surface area contributed by atoms with Gasteiger partial charge in [0.15, 0.2) is 5.96 Å². The molecule has 6 aromatic rings. The Balaban J connectivity index is 1.27. The smallest absolute Gasteiger partial charge is 0.251 e. The summed E-state index contributed by atoms with van der Waals surface area (Å²) in [4.78, 5) is 30.3. The van der Waals surface area contributed by atoms with Crippen molar-refractivity contribution in [2.75, 3.05) is 13.2 Å². The normalized spacial score (nSPS) is 12.9. The Morgan fingerprint density at radius 3 is 2.64 bits per heavy atom. The zero-order valence-corrected chi connectivity index (χ0v) is 24.2. The van der Waals surface area contributed by atoms with E-state index in [4.69, 9.17) is 21.4 Å². The van der Waals surface area contributed by atoms with E-state index in [1.54, 1.807) is 24.3 Å². The number of carbonyl (C=O) groups excluding carboxylic acids is 1. The van der Waals surface area contributed by atoms with Crippen LogP contribution in [0.15, 0.2) is 83.9 Å². The van der Waals surface area contributed by atoms with Gasteiger partial charge < -0.3 is 36.5 Å². The number of amides is 1. The van der Waals surface area contributed by atoms with Gasteiger partial charge in [0.05, 0.1) is 52.9 Å². The van der Waals surface area contributed by atoms with Crippen LogP contribution in [-0.4, -0.2) is 60.9 Å². The molecule has 11 heteroatoms. The molecular formula is C33H34N8O3. The molecule has 0 saturated heterocycles. The van der Waals surface area contributed by atoms with Crippen LogP contribution in [0.4, 0.5) is 5.69 Å². The van der Waals surface area contributed by atoms with E-state index in [1.165, 1.54) is 16.3 Å². The minimum Gasteiger partial charge on any atom is -0.394 e. The van der Waals surface area contributed by atoms with Crippen molar-refractivity contribution in [3.8, 4) is 0 Å². The number of H-pyrrole nitrogens is 1. The molecule has 0 aliphatic heterocycles. The average Bonchev–Trinajstić information content (AvgIpc) is 3.61. The Labute approximate surface area is 253 Å². The van der Waals surface area contributed by atoms with E-state index in [0.29, 0.717) is 46.9 Å². The summed E-state index contributed by atoms with van der Waals surface area (Å²) in [6, 6.07) is 25.1. The second kappa shape index (κ2) is 12.2. The molecule has 4 aromatic carbocycles. The Kier molecular flexibility index (Phi) is 7.97. The summed E-state index contributed by atoms with van der Waals surface area (Å²) >= 11 is 0. The Bertz CT molecular complexity index is 2000. The van der Waals surface area contributed by atoms with Crippen LogP contribution in [0, 0.1) is 0 Å². The number of aliphatic hydroxyl groups excluding tert-OH is 2. The molecule has 1 amide bonds. The number of nitrogens with one attached hydrogen (secondary N) is 2. The topological polar surface area (TPSA) is 180 Å². The van der Waals surface area contributed by atoms with E-state index < -0.39 is 12.7 Å². The molecule has 224 valence electrons. The van der Waals surface area contributed by atoms with Crippen molar-refractivity contribution in [3.63, 3.8) is 0 Å². The summed E-state index contributed by atoms with van der Waals surface area (Å²) in [5.41, 5.74) is 16.1. The predicted molar refractivity (Wildman–Crippen MR) is 172 cm³/mol. The predicted octanol–water partition coefficient (Wildman–Crippen LogP) is 3.45. The molecule has 2 atom stereocenters. The maximum Gasteiger partial charge on any atom is 0.251 e. The molecule has 0 bridgehead atoms. The zero-order valence-electron chi connectivity index (χ0n) is 24.2. The largest absolute Gasteiger partial charge is 0.394 e. The Morgan fingerprint density at radius 2 is 1.82 bits per heavy atom. The summed E-state index contributed by atoms with van der Waals surface area (Å²) in [5, 5.41) is 25.5. The molecule has 2 heterocycles. The molecule has 0 fully saturated rings. The number of hydrogen-bond acceptors (Lipinski definition) is 6. The van der Waals surface area contributed by atoms with Crippen LogP contribution >= 0.6 is 0 Å². The van der Waals surface area contributed by atoms with Gasteiger partial charge in [-0.1, -0.05) is 42.5 Å². The quantitative estimate of drug-likeness (QED) is 0.104. The van der Waals surface area contributed by atoms with E-state index in [9.17, 15) is 15.0 Å². The van der Waals surface area contributed by atoms with Crippen LogP contribution in [-0.2, 0) is 13.0 Å². The lowest BCUT2D eigenvalue weighted by Gasteiger charge is -2.16. The molecule has 8 N–H and O–H groups in total. The molecule has 2 unspecified atom stereocenters. The highest BCUT2D eigenvalue weighted by Gasteiger charge is 2.23. The molecule has 0 saturated carbocycles. The van der Waals surface area contributed by atoms with Crippen molar-refractivity contribution in [2.24, 2.45) is 16.5 Å². The lowest BCUT2D eigenvalue weighted by atomic mass is 10.0. The van der Waals surface area contributed by atoms with Crippen molar-refractivity contribution >= 4 is 50.4 Å². The molecule has 44 heavy (non-hydrogen) atoms. The van der Waals surface area contributed by atoms with Gasteiger partial charge in [0.1, 0.15) is 11.6 Å². The molecule has 0 aliphatic carbocycles. The van der Waals surface area contributed by atoms with Gasteiger partial charge in [-0.25, -0.2) is 15.0 Å². The third kappa shape index (κ3) is 5.83. The van der Waals surface area contributed by atoms with Gasteiger partial charge in [0.25, 0.3) is 5.91 Å². The summed E-state index contributed by atoms with van der Waals surface area (Å²) in [6.45, 7) is 2.11. The molecule has 2 aromatic heterocycles. The SMILES string of the molecule is CC(c1nc2ccc(N=C(N)N)cc2[nH]1)c1nc2ccc(C(=O)NCCc3cccc4ccccc34)cc2n1CC(O)CO. The first-order valence-corrected chi connectivity index (χ1v) is 14.4. The lowest BCUT2D eigenvalue weighted by Crippen LogP contribution is -2.26. The number of aliphatic imine (C=N–C) groups is 1. The number of carbonyl (C=O) groups is 1. The van der Waals surface area contributed by atoms with E-state index in [2.05, 4.69) is 39.6 Å². The fraction of sp³-hybridized carbons (Fsp3) is 0.212. The lowest BCUT2D eigenvalue weighted by molar-refractivity contribution is 0.0813. The van der Waals surface area contributed by atoms with Gasteiger partial charge in [-0.3, -0.25) is 4.79 Å². The van der Waals surface area contributed by atoms with Crippen LogP contribution in [0.5, 0.6) is 0 Å². The van der Waals surface area contributed by atoms with Crippen molar-refractivity contribution in [1.29, 1.82) is 0 Å². The Hall–Kier alpha value is -5.26. The van der Waals surface area contributed by atoms with Crippen molar-refractivity contribution < 1.29 is 15.0 Å². The van der Waals surface area contributed by atoms with E-state index in [-0.39, 0.29) is 24.3 Å². The second-order valence-corrected chi connectivity index (χ2v) is 10.8. The highest BCUT2D eigenvalue weighted by Crippen LogP contribution is 2.29. The van der Waals surface area contributed by atoms with Gasteiger partial charge in [-0.15, -0.1) is 0 Å². The maximum atomic E-state index is 13.2. The monoisotopic (exact) mass is 590 g/mol. The third-order valence-electron chi connectivity index (χ3n) is 7.74. The summed E-state index contributed by atoms with van der Waals surface area (Å²) in [7, 11) is 0. The molecule has 11 nitrogen and oxygen atoms in total. The van der Waals surface area contributed by atoms with Gasteiger partial charge in [-0.05, 0) is 66.1 Å². The highest BCUT2D eigenvalue weighted by molar-refractivity contribution is 5.97. The number of aromatic nitrogens is 4. The standard InChI is InChI=1S/C33H34N8O3/c1-19(30-38-26-12-10-23(37-33(34)35)16-28(26)39-30)31-40-27-11-9-22(15-29(27)41(31)17-24(43)18-42)32(44)36-14-13-21-7-4-6-20-5-2-3-8-25(20)21/h2-12,15-16,19,24,42-43H,13-14,17-18H2,1H3,(H,36,44)(H,38,39)(H4,34,35,37). The van der Waals surface area contributed by atoms with Crippen LogP contribution < -0.4 is 16.8 Å². The average molecular weight is 591 g/mol. The second-order valence-electron chi connectivity index (χ2n) is 10.8. The third-order valence-corrected chi connectivity index (χ3v) is 7.74. The van der Waals surface area contributed by atoms with Crippen molar-refractivity contribution in [2.45, 2.75) is 31.9 Å². The first kappa shape index (κ1) is 28.8. The summed E-state index contributed by atoms with van der Waals surface area (Å²) < 4.78 is 1.84. The summed E-state index contributed by atoms with van der Waals surface area (Å²) in [6.07, 6.45) is -0.322. The highest BCUT2D eigenvalue weighted by atomic mass is 16.3. The van der Waals surface area contributed by atoms with Crippen LogP contribution in [0.25, 0.3) is 32.8 Å². The number of rotatable bonds is 10. The van der Waals surface area contributed by atoms with E-state index in [1.807, 2.05) is 41.8 Å². The maximum absolute atomic E-state index is 13.2. The number of aromatic amines is 1. The molecule has 0 spiro atoms. The minimum absolute atomic E-state index is 0.0357. The Morgan fingerprint density at radius 1 is 1.02 bits per heavy atom. The molecule has 0 radical (unpaired) electrons. The number of nitrogens with zero attached hydrogens (tertiary/aromatic N) is 4. The first-order valence-electron chi connectivity index (χ1n) is 14.4. The van der Waals surface area contributed by atoms with Crippen molar-refractivity contribution in [1.82, 2.24) is 24.8 Å². The fourth-order valence-corrected chi connectivity index (χ4v) is 5.56. The van der Waals surface area contributed by atoms with Gasteiger partial charge in [0, 0.05) is 12.1 Å². The van der Waals surface area contributed by atoms with Gasteiger partial charge >= 0.3 is 0 Å². The fourth-order valence-electron chi connectivity index (χ4n) is 5.56. The molecule has 6 rings (SSSR count). The van der Waals surface area contributed by atoms with Crippen LogP contribution in [0.1, 0.15) is 40.4 Å². The molecular weight excluding hydrogens is 556 g/mol. The minimum atomic E-state index is -1.02. The van der Waals surface area contributed by atoms with Crippen molar-refractivity contribution in [3.05, 3.63) is 102 Å².